The van der Waals surface area contributed by atoms with E-state index in [-0.39, 0.29) is 34.8 Å². The van der Waals surface area contributed by atoms with Crippen molar-refractivity contribution in [2.75, 3.05) is 18.6 Å². The van der Waals surface area contributed by atoms with Gasteiger partial charge in [0.05, 0.1) is 17.1 Å². The van der Waals surface area contributed by atoms with E-state index in [9.17, 15) is 18.0 Å². The monoisotopic (exact) mass is 341 g/mol. The first kappa shape index (κ1) is 17.3. The van der Waals surface area contributed by atoms with Crippen molar-refractivity contribution in [2.24, 2.45) is 0 Å². The van der Waals surface area contributed by atoms with Crippen LogP contribution in [0.3, 0.4) is 0 Å². The van der Waals surface area contributed by atoms with Crippen molar-refractivity contribution < 1.29 is 27.9 Å². The number of hydrogen-bond donors (Lipinski definition) is 1. The fourth-order valence-corrected chi connectivity index (χ4v) is 4.28. The Morgan fingerprint density at radius 1 is 1.39 bits per heavy atom. The largest absolute Gasteiger partial charge is 0.481 e. The molecular weight excluding hydrogens is 322 g/mol. The third-order valence-corrected chi connectivity index (χ3v) is 5.60. The predicted molar refractivity (Wildman–Crippen MR) is 83.3 cm³/mol. The molecule has 0 unspecified atom stereocenters. The predicted octanol–water partition coefficient (Wildman–Crippen LogP) is 0.798. The van der Waals surface area contributed by atoms with Gasteiger partial charge < -0.3 is 14.7 Å². The molecule has 1 aromatic rings. The molecule has 1 amide bonds. The van der Waals surface area contributed by atoms with Crippen LogP contribution < -0.4 is 4.74 Å². The second-order valence-electron chi connectivity index (χ2n) is 5.60. The molecule has 126 valence electrons. The maximum Gasteiger partial charge on any atom is 0.335 e. The van der Waals surface area contributed by atoms with Crippen LogP contribution in [0.2, 0.25) is 0 Å². The zero-order chi connectivity index (χ0) is 17.2. The van der Waals surface area contributed by atoms with E-state index >= 15 is 0 Å². The summed E-state index contributed by atoms with van der Waals surface area (Å²) in [4.78, 5) is 24.7. The number of benzene rings is 1. The Morgan fingerprint density at radius 3 is 2.65 bits per heavy atom. The zero-order valence-electron chi connectivity index (χ0n) is 12.9. The second kappa shape index (κ2) is 6.57. The minimum Gasteiger partial charge on any atom is -0.481 e. The molecule has 1 aliphatic heterocycles. The van der Waals surface area contributed by atoms with E-state index in [1.54, 1.807) is 20.0 Å². The van der Waals surface area contributed by atoms with E-state index in [1.165, 1.54) is 23.1 Å². The minimum absolute atomic E-state index is 0.0313. The van der Waals surface area contributed by atoms with Crippen molar-refractivity contribution >= 4 is 21.7 Å². The molecule has 1 heterocycles. The number of carboxylic acids is 1. The molecule has 1 fully saturated rings. The number of hydrogen-bond acceptors (Lipinski definition) is 5. The van der Waals surface area contributed by atoms with Gasteiger partial charge in [0.25, 0.3) is 5.91 Å². The van der Waals surface area contributed by atoms with Gasteiger partial charge in [0.1, 0.15) is 5.75 Å². The van der Waals surface area contributed by atoms with Crippen molar-refractivity contribution in [3.8, 4) is 5.75 Å². The van der Waals surface area contributed by atoms with Crippen LogP contribution in [0, 0.1) is 0 Å². The summed E-state index contributed by atoms with van der Waals surface area (Å²) < 4.78 is 28.5. The summed E-state index contributed by atoms with van der Waals surface area (Å²) >= 11 is 0. The van der Waals surface area contributed by atoms with Crippen molar-refractivity contribution in [3.63, 3.8) is 0 Å². The number of carbonyl (C=O) groups is 2. The highest BCUT2D eigenvalue weighted by Gasteiger charge is 2.34. The van der Waals surface area contributed by atoms with Gasteiger partial charge >= 0.3 is 5.97 Å². The number of amides is 1. The van der Waals surface area contributed by atoms with E-state index in [0.717, 1.165) is 0 Å². The summed E-state index contributed by atoms with van der Waals surface area (Å²) in [7, 11) is -1.52. The fraction of sp³-hybridized carbons (Fsp3) is 0.467. The van der Waals surface area contributed by atoms with Gasteiger partial charge in [-0.15, -0.1) is 0 Å². The van der Waals surface area contributed by atoms with Gasteiger partial charge in [0.15, 0.2) is 15.9 Å². The number of sulfone groups is 1. The van der Waals surface area contributed by atoms with Crippen LogP contribution in [0.25, 0.3) is 0 Å². The Morgan fingerprint density at radius 2 is 2.09 bits per heavy atom. The van der Waals surface area contributed by atoms with Crippen LogP contribution in [0.4, 0.5) is 0 Å². The summed E-state index contributed by atoms with van der Waals surface area (Å²) in [5, 5.41) is 8.95. The minimum atomic E-state index is -3.07. The number of aromatic carboxylic acids is 1. The van der Waals surface area contributed by atoms with Gasteiger partial charge in [-0.3, -0.25) is 4.79 Å². The van der Waals surface area contributed by atoms with Gasteiger partial charge in [-0.25, -0.2) is 13.2 Å². The number of nitrogens with zero attached hydrogens (tertiary/aromatic N) is 1. The van der Waals surface area contributed by atoms with Gasteiger partial charge in [-0.2, -0.15) is 0 Å². The SMILES string of the molecule is C[C@@H](Oc1cccc(C(=O)O)c1)C(=O)N(C)[C@@H]1CCS(=O)(=O)C1. The summed E-state index contributed by atoms with van der Waals surface area (Å²) in [6, 6.07) is 5.52. The van der Waals surface area contributed by atoms with E-state index in [2.05, 4.69) is 0 Å². The average molecular weight is 341 g/mol. The van der Waals surface area contributed by atoms with E-state index in [4.69, 9.17) is 9.84 Å². The number of carboxylic acid groups (broad SMARTS) is 1. The van der Waals surface area contributed by atoms with Crippen LogP contribution in [-0.4, -0.2) is 61.0 Å². The molecule has 0 aromatic heterocycles. The number of likely N-dealkylation sites (N-methyl/N-ethyl adjacent to an activating group) is 1. The van der Waals surface area contributed by atoms with Crippen LogP contribution in [0.5, 0.6) is 5.75 Å². The lowest BCUT2D eigenvalue weighted by Gasteiger charge is -2.26. The Bertz CT molecular complexity index is 714. The molecule has 1 aromatic carbocycles. The highest BCUT2D eigenvalue weighted by molar-refractivity contribution is 7.91. The molecule has 7 nitrogen and oxygen atoms in total. The Balaban J connectivity index is 2.02. The lowest BCUT2D eigenvalue weighted by Crippen LogP contribution is -2.44. The Kier molecular flexibility index (Phi) is 4.93. The number of carbonyl (C=O) groups excluding carboxylic acids is 1. The van der Waals surface area contributed by atoms with Crippen molar-refractivity contribution in [3.05, 3.63) is 29.8 Å². The highest BCUT2D eigenvalue weighted by Crippen LogP contribution is 2.19. The smallest absolute Gasteiger partial charge is 0.335 e. The van der Waals surface area contributed by atoms with E-state index in [1.807, 2.05) is 0 Å². The zero-order valence-corrected chi connectivity index (χ0v) is 13.7. The molecule has 0 radical (unpaired) electrons. The summed E-state index contributed by atoms with van der Waals surface area (Å²) in [6.45, 7) is 1.55. The van der Waals surface area contributed by atoms with Crippen LogP contribution in [-0.2, 0) is 14.6 Å². The highest BCUT2D eigenvalue weighted by atomic mass is 32.2. The van der Waals surface area contributed by atoms with Gasteiger partial charge in [0, 0.05) is 13.1 Å². The summed E-state index contributed by atoms with van der Waals surface area (Å²) in [5.74, 6) is -1.09. The molecule has 0 bridgehead atoms. The van der Waals surface area contributed by atoms with Gasteiger partial charge in [-0.05, 0) is 31.5 Å². The first-order valence-electron chi connectivity index (χ1n) is 7.17. The lowest BCUT2D eigenvalue weighted by atomic mass is 10.2. The number of ether oxygens (including phenoxy) is 1. The van der Waals surface area contributed by atoms with Gasteiger partial charge in [-0.1, -0.05) is 6.07 Å². The molecule has 0 spiro atoms. The topological polar surface area (TPSA) is 101 Å². The molecular formula is C15H19NO6S. The van der Waals surface area contributed by atoms with Crippen molar-refractivity contribution in [2.45, 2.75) is 25.5 Å². The molecule has 0 saturated carbocycles. The van der Waals surface area contributed by atoms with Gasteiger partial charge in [0.2, 0.25) is 0 Å². The summed E-state index contributed by atoms with van der Waals surface area (Å²) in [5.41, 5.74) is 0.0670. The third-order valence-electron chi connectivity index (χ3n) is 3.85. The maximum absolute atomic E-state index is 12.4. The molecule has 8 heteroatoms. The van der Waals surface area contributed by atoms with Crippen LogP contribution in [0.1, 0.15) is 23.7 Å². The normalized spacial score (nSPS) is 20.7. The Labute approximate surface area is 134 Å². The van der Waals surface area contributed by atoms with Crippen molar-refractivity contribution in [1.29, 1.82) is 0 Å². The van der Waals surface area contributed by atoms with Crippen molar-refractivity contribution in [1.82, 2.24) is 4.90 Å². The first-order valence-corrected chi connectivity index (χ1v) is 8.99. The van der Waals surface area contributed by atoms with Crippen LogP contribution in [0.15, 0.2) is 24.3 Å². The quantitative estimate of drug-likeness (QED) is 0.850. The fourth-order valence-electron chi connectivity index (χ4n) is 2.50. The lowest BCUT2D eigenvalue weighted by molar-refractivity contribution is -0.138. The maximum atomic E-state index is 12.4. The summed E-state index contributed by atoms with van der Waals surface area (Å²) in [6.07, 6.45) is -0.418. The second-order valence-corrected chi connectivity index (χ2v) is 7.83. The first-order chi connectivity index (χ1) is 10.7. The van der Waals surface area contributed by atoms with Crippen LogP contribution >= 0.6 is 0 Å². The molecule has 0 aliphatic carbocycles. The standard InChI is InChI=1S/C15H19NO6S/c1-10(22-13-5-3-4-11(8-13)15(18)19)14(17)16(2)12-6-7-23(20,21)9-12/h3-5,8,10,12H,6-7,9H2,1-2H3,(H,18,19)/t10-,12-/m1/s1. The molecule has 23 heavy (non-hydrogen) atoms. The molecule has 2 atom stereocenters. The number of rotatable bonds is 5. The average Bonchev–Trinajstić information content (AvgIpc) is 2.86. The molecule has 1 saturated heterocycles. The van der Waals surface area contributed by atoms with E-state index < -0.39 is 21.9 Å². The van der Waals surface area contributed by atoms with E-state index in [0.29, 0.717) is 6.42 Å². The third kappa shape index (κ3) is 4.22. The molecule has 2 rings (SSSR count). The molecule has 1 aliphatic rings. The Hall–Kier alpha value is -2.09. The molecule has 1 N–H and O–H groups in total.